The van der Waals surface area contributed by atoms with E-state index in [4.69, 9.17) is 0 Å². The fourth-order valence-electron chi connectivity index (χ4n) is 2.37. The first-order chi connectivity index (χ1) is 5.86. The van der Waals surface area contributed by atoms with Gasteiger partial charge in [-0.3, -0.25) is 0 Å². The van der Waals surface area contributed by atoms with Gasteiger partial charge in [0.15, 0.2) is 0 Å². The topological polar surface area (TPSA) is 12.0 Å². The third-order valence-corrected chi connectivity index (χ3v) is 3.43. The Balaban J connectivity index is 0.000000845. The summed E-state index contributed by atoms with van der Waals surface area (Å²) in [6, 6.07) is 1.66. The zero-order valence-electron chi connectivity index (χ0n) is 8.59. The summed E-state index contributed by atoms with van der Waals surface area (Å²) in [7, 11) is 0. The Morgan fingerprint density at radius 2 is 1.62 bits per heavy atom. The molecule has 2 saturated carbocycles. The molecular formula is C11H22ClN. The average Bonchev–Trinajstić information content (AvgIpc) is 2.88. The third kappa shape index (κ3) is 3.47. The van der Waals surface area contributed by atoms with Gasteiger partial charge in [0.2, 0.25) is 0 Å². The van der Waals surface area contributed by atoms with Gasteiger partial charge in [-0.1, -0.05) is 19.3 Å². The molecule has 1 N–H and O–H groups in total. The van der Waals surface area contributed by atoms with Crippen molar-refractivity contribution in [3.8, 4) is 0 Å². The zero-order chi connectivity index (χ0) is 8.39. The van der Waals surface area contributed by atoms with Crippen LogP contribution in [0, 0.1) is 5.92 Å². The second-order valence-corrected chi connectivity index (χ2v) is 4.63. The molecule has 2 heteroatoms. The van der Waals surface area contributed by atoms with Gasteiger partial charge in [-0.15, -0.1) is 12.4 Å². The minimum atomic E-state index is 0. The molecule has 0 aromatic heterocycles. The number of nitrogens with one attached hydrogen (secondary N) is 1. The third-order valence-electron chi connectivity index (χ3n) is 3.43. The van der Waals surface area contributed by atoms with Crippen molar-refractivity contribution in [2.24, 2.45) is 5.92 Å². The minimum Gasteiger partial charge on any atom is -0.311 e. The Labute approximate surface area is 88.1 Å². The SMILES string of the molecule is CC(NC1CCCCC1)C1CC1.Cl. The molecule has 2 rings (SSSR count). The van der Waals surface area contributed by atoms with Crippen LogP contribution in [0.3, 0.4) is 0 Å². The van der Waals surface area contributed by atoms with E-state index in [9.17, 15) is 0 Å². The van der Waals surface area contributed by atoms with E-state index < -0.39 is 0 Å². The second-order valence-electron chi connectivity index (χ2n) is 4.63. The number of hydrogen-bond donors (Lipinski definition) is 1. The highest BCUT2D eigenvalue weighted by Gasteiger charge is 2.29. The van der Waals surface area contributed by atoms with Crippen LogP contribution in [0.4, 0.5) is 0 Å². The highest BCUT2D eigenvalue weighted by molar-refractivity contribution is 5.85. The van der Waals surface area contributed by atoms with Gasteiger partial charge in [-0.05, 0) is 38.5 Å². The first-order valence-electron chi connectivity index (χ1n) is 5.62. The molecule has 1 unspecified atom stereocenters. The van der Waals surface area contributed by atoms with Gasteiger partial charge in [-0.25, -0.2) is 0 Å². The van der Waals surface area contributed by atoms with E-state index in [-0.39, 0.29) is 12.4 Å². The Morgan fingerprint density at radius 1 is 1.00 bits per heavy atom. The summed E-state index contributed by atoms with van der Waals surface area (Å²) in [6.45, 7) is 2.37. The maximum Gasteiger partial charge on any atom is 0.00696 e. The van der Waals surface area contributed by atoms with Crippen molar-refractivity contribution >= 4 is 12.4 Å². The van der Waals surface area contributed by atoms with Gasteiger partial charge in [0, 0.05) is 12.1 Å². The largest absolute Gasteiger partial charge is 0.311 e. The van der Waals surface area contributed by atoms with Gasteiger partial charge in [0.25, 0.3) is 0 Å². The summed E-state index contributed by atoms with van der Waals surface area (Å²) in [5.41, 5.74) is 0. The van der Waals surface area contributed by atoms with Crippen molar-refractivity contribution in [3.05, 3.63) is 0 Å². The molecule has 2 aliphatic carbocycles. The van der Waals surface area contributed by atoms with E-state index >= 15 is 0 Å². The maximum absolute atomic E-state index is 3.78. The molecule has 0 aromatic rings. The fraction of sp³-hybridized carbons (Fsp3) is 1.00. The molecule has 0 radical (unpaired) electrons. The van der Waals surface area contributed by atoms with Crippen LogP contribution in [0.25, 0.3) is 0 Å². The predicted molar refractivity (Wildman–Crippen MR) is 59.4 cm³/mol. The van der Waals surface area contributed by atoms with Crippen LogP contribution in [-0.2, 0) is 0 Å². The Hall–Kier alpha value is 0.250. The second kappa shape index (κ2) is 5.21. The van der Waals surface area contributed by atoms with Crippen LogP contribution < -0.4 is 5.32 Å². The van der Waals surface area contributed by atoms with Crippen molar-refractivity contribution in [1.82, 2.24) is 5.32 Å². The van der Waals surface area contributed by atoms with E-state index in [0.717, 1.165) is 18.0 Å². The molecule has 0 heterocycles. The Bertz CT molecular complexity index is 139. The van der Waals surface area contributed by atoms with E-state index in [0.29, 0.717) is 0 Å². The standard InChI is InChI=1S/C11H21N.ClH/c1-9(10-7-8-10)12-11-5-3-2-4-6-11;/h9-12H,2-8H2,1H3;1H. The molecule has 0 aromatic carbocycles. The Kier molecular flexibility index (Phi) is 4.54. The van der Waals surface area contributed by atoms with Crippen molar-refractivity contribution in [2.45, 2.75) is 64.0 Å². The quantitative estimate of drug-likeness (QED) is 0.744. The number of rotatable bonds is 3. The van der Waals surface area contributed by atoms with Crippen LogP contribution in [-0.4, -0.2) is 12.1 Å². The van der Waals surface area contributed by atoms with Gasteiger partial charge >= 0.3 is 0 Å². The highest BCUT2D eigenvalue weighted by Crippen LogP contribution is 2.33. The van der Waals surface area contributed by atoms with Crippen LogP contribution in [0.2, 0.25) is 0 Å². The molecule has 2 aliphatic rings. The normalized spacial score (nSPS) is 26.5. The lowest BCUT2D eigenvalue weighted by atomic mass is 9.94. The smallest absolute Gasteiger partial charge is 0.00696 e. The van der Waals surface area contributed by atoms with Gasteiger partial charge < -0.3 is 5.32 Å². The first kappa shape index (κ1) is 11.3. The molecule has 13 heavy (non-hydrogen) atoms. The van der Waals surface area contributed by atoms with Crippen molar-refractivity contribution in [2.75, 3.05) is 0 Å². The molecule has 0 spiro atoms. The maximum atomic E-state index is 3.78. The predicted octanol–water partition coefficient (Wildman–Crippen LogP) is 3.13. The molecular weight excluding hydrogens is 182 g/mol. The summed E-state index contributed by atoms with van der Waals surface area (Å²) in [6.07, 6.45) is 10.2. The van der Waals surface area contributed by atoms with Crippen LogP contribution in [0.1, 0.15) is 51.9 Å². The van der Waals surface area contributed by atoms with E-state index in [1.54, 1.807) is 0 Å². The first-order valence-corrected chi connectivity index (χ1v) is 5.62. The molecule has 78 valence electrons. The van der Waals surface area contributed by atoms with E-state index in [2.05, 4.69) is 12.2 Å². The fourth-order valence-corrected chi connectivity index (χ4v) is 2.37. The average molecular weight is 204 g/mol. The molecule has 1 atom stereocenters. The summed E-state index contributed by atoms with van der Waals surface area (Å²) < 4.78 is 0. The summed E-state index contributed by atoms with van der Waals surface area (Å²) >= 11 is 0. The summed E-state index contributed by atoms with van der Waals surface area (Å²) in [4.78, 5) is 0. The zero-order valence-corrected chi connectivity index (χ0v) is 9.41. The molecule has 0 amide bonds. The highest BCUT2D eigenvalue weighted by atomic mass is 35.5. The number of hydrogen-bond acceptors (Lipinski definition) is 1. The lowest BCUT2D eigenvalue weighted by molar-refractivity contribution is 0.330. The van der Waals surface area contributed by atoms with Crippen LogP contribution in [0.15, 0.2) is 0 Å². The monoisotopic (exact) mass is 203 g/mol. The molecule has 2 fully saturated rings. The van der Waals surface area contributed by atoms with Crippen LogP contribution in [0.5, 0.6) is 0 Å². The van der Waals surface area contributed by atoms with Crippen molar-refractivity contribution in [3.63, 3.8) is 0 Å². The summed E-state index contributed by atoms with van der Waals surface area (Å²) in [5, 5.41) is 3.78. The van der Waals surface area contributed by atoms with Gasteiger partial charge in [0.05, 0.1) is 0 Å². The summed E-state index contributed by atoms with van der Waals surface area (Å²) in [5.74, 6) is 1.02. The van der Waals surface area contributed by atoms with Gasteiger partial charge in [-0.2, -0.15) is 0 Å². The lowest BCUT2D eigenvalue weighted by Gasteiger charge is -2.26. The molecule has 0 aliphatic heterocycles. The van der Waals surface area contributed by atoms with Gasteiger partial charge in [0.1, 0.15) is 0 Å². The Morgan fingerprint density at radius 3 is 2.15 bits per heavy atom. The van der Waals surface area contributed by atoms with Crippen LogP contribution >= 0.6 is 12.4 Å². The van der Waals surface area contributed by atoms with E-state index in [1.807, 2.05) is 0 Å². The molecule has 0 saturated heterocycles. The van der Waals surface area contributed by atoms with Crippen molar-refractivity contribution in [1.29, 1.82) is 0 Å². The van der Waals surface area contributed by atoms with Crippen molar-refractivity contribution < 1.29 is 0 Å². The molecule has 0 bridgehead atoms. The lowest BCUT2D eigenvalue weighted by Crippen LogP contribution is -2.38. The molecule has 1 nitrogen and oxygen atoms in total. The van der Waals surface area contributed by atoms with E-state index in [1.165, 1.54) is 44.9 Å². The minimum absolute atomic E-state index is 0. The number of halogens is 1.